The molecular formula is C14H18BrN3O3. The Kier molecular flexibility index (Phi) is 5.19. The highest BCUT2D eigenvalue weighted by atomic mass is 79.9. The summed E-state index contributed by atoms with van der Waals surface area (Å²) in [7, 11) is 1.37. The van der Waals surface area contributed by atoms with E-state index in [1.807, 2.05) is 4.90 Å². The van der Waals surface area contributed by atoms with E-state index in [0.29, 0.717) is 37.4 Å². The monoisotopic (exact) mass is 355 g/mol. The molecule has 2 rings (SSSR count). The van der Waals surface area contributed by atoms with Gasteiger partial charge in [-0.2, -0.15) is 0 Å². The van der Waals surface area contributed by atoms with Crippen LogP contribution in [0.25, 0.3) is 0 Å². The van der Waals surface area contributed by atoms with Gasteiger partial charge in [0.05, 0.1) is 19.2 Å². The summed E-state index contributed by atoms with van der Waals surface area (Å²) >= 11 is 3.38. The zero-order valence-electron chi connectivity index (χ0n) is 11.8. The minimum Gasteiger partial charge on any atom is -0.468 e. The molecule has 1 fully saturated rings. The predicted molar refractivity (Wildman–Crippen MR) is 82.9 cm³/mol. The van der Waals surface area contributed by atoms with Crippen LogP contribution in [0.5, 0.6) is 0 Å². The number of hydrogen-bond donors (Lipinski definition) is 1. The molecule has 0 unspecified atom stereocenters. The summed E-state index contributed by atoms with van der Waals surface area (Å²) in [4.78, 5) is 27.5. The van der Waals surface area contributed by atoms with Crippen molar-refractivity contribution in [3.63, 3.8) is 0 Å². The third-order valence-electron chi connectivity index (χ3n) is 3.46. The molecule has 0 atom stereocenters. The van der Waals surface area contributed by atoms with Crippen molar-refractivity contribution >= 4 is 33.5 Å². The Morgan fingerprint density at radius 3 is 2.57 bits per heavy atom. The van der Waals surface area contributed by atoms with E-state index in [1.165, 1.54) is 7.11 Å². The predicted octanol–water partition coefficient (Wildman–Crippen LogP) is 0.962. The molecule has 0 bridgehead atoms. The molecule has 21 heavy (non-hydrogen) atoms. The van der Waals surface area contributed by atoms with E-state index in [4.69, 9.17) is 5.73 Å². The Hall–Kier alpha value is -1.60. The molecule has 6 nitrogen and oxygen atoms in total. The fourth-order valence-electron chi connectivity index (χ4n) is 2.23. The number of anilines is 1. The van der Waals surface area contributed by atoms with Crippen molar-refractivity contribution in [2.75, 3.05) is 45.6 Å². The van der Waals surface area contributed by atoms with Gasteiger partial charge in [-0.15, -0.1) is 0 Å². The summed E-state index contributed by atoms with van der Waals surface area (Å²) in [6.45, 7) is 2.73. The number of amides is 1. The lowest BCUT2D eigenvalue weighted by molar-refractivity contribution is -0.142. The van der Waals surface area contributed by atoms with Gasteiger partial charge in [0.2, 0.25) is 0 Å². The summed E-state index contributed by atoms with van der Waals surface area (Å²) in [5, 5.41) is 0. The van der Waals surface area contributed by atoms with Crippen molar-refractivity contribution in [1.29, 1.82) is 0 Å². The van der Waals surface area contributed by atoms with Gasteiger partial charge in [-0.25, -0.2) is 0 Å². The standard InChI is InChI=1S/C14H18BrN3O3/c1-21-13(19)9-17-4-6-18(7-5-17)14(20)11-8-10(16)2-3-12(11)15/h2-3,8H,4-7,9,16H2,1H3. The van der Waals surface area contributed by atoms with Crippen LogP contribution in [0.4, 0.5) is 5.69 Å². The molecule has 1 saturated heterocycles. The number of rotatable bonds is 3. The smallest absolute Gasteiger partial charge is 0.319 e. The Labute approximate surface area is 132 Å². The van der Waals surface area contributed by atoms with Crippen LogP contribution in [-0.4, -0.2) is 61.5 Å². The van der Waals surface area contributed by atoms with Gasteiger partial charge in [0.15, 0.2) is 0 Å². The lowest BCUT2D eigenvalue weighted by Crippen LogP contribution is -2.50. The Balaban J connectivity index is 1.97. The van der Waals surface area contributed by atoms with Crippen molar-refractivity contribution in [1.82, 2.24) is 9.80 Å². The number of nitrogens with zero attached hydrogens (tertiary/aromatic N) is 2. The number of nitrogen functional groups attached to an aromatic ring is 1. The number of hydrogen-bond acceptors (Lipinski definition) is 5. The molecule has 1 aromatic rings. The zero-order chi connectivity index (χ0) is 15.4. The number of esters is 1. The van der Waals surface area contributed by atoms with E-state index in [0.717, 1.165) is 4.47 Å². The van der Waals surface area contributed by atoms with E-state index in [9.17, 15) is 9.59 Å². The molecule has 1 amide bonds. The highest BCUT2D eigenvalue weighted by Gasteiger charge is 2.24. The van der Waals surface area contributed by atoms with Gasteiger partial charge >= 0.3 is 5.97 Å². The van der Waals surface area contributed by atoms with Crippen LogP contribution in [-0.2, 0) is 9.53 Å². The van der Waals surface area contributed by atoms with Crippen molar-refractivity contribution in [3.05, 3.63) is 28.2 Å². The van der Waals surface area contributed by atoms with Crippen LogP contribution >= 0.6 is 15.9 Å². The molecule has 0 spiro atoms. The molecule has 2 N–H and O–H groups in total. The van der Waals surface area contributed by atoms with E-state index in [2.05, 4.69) is 20.7 Å². The fraction of sp³-hybridized carbons (Fsp3) is 0.429. The van der Waals surface area contributed by atoms with Crippen LogP contribution < -0.4 is 5.73 Å². The van der Waals surface area contributed by atoms with Crippen LogP contribution in [0.1, 0.15) is 10.4 Å². The molecule has 1 aromatic carbocycles. The maximum absolute atomic E-state index is 12.5. The van der Waals surface area contributed by atoms with Gasteiger partial charge < -0.3 is 15.4 Å². The Morgan fingerprint density at radius 2 is 1.95 bits per heavy atom. The maximum Gasteiger partial charge on any atom is 0.319 e. The van der Waals surface area contributed by atoms with Crippen molar-refractivity contribution in [2.45, 2.75) is 0 Å². The number of ether oxygens (including phenoxy) is 1. The normalized spacial score (nSPS) is 15.8. The molecule has 0 aliphatic carbocycles. The SMILES string of the molecule is COC(=O)CN1CCN(C(=O)c2cc(N)ccc2Br)CC1. The third-order valence-corrected chi connectivity index (χ3v) is 4.15. The first-order valence-corrected chi connectivity index (χ1v) is 7.44. The van der Waals surface area contributed by atoms with Gasteiger partial charge in [0.25, 0.3) is 5.91 Å². The van der Waals surface area contributed by atoms with Crippen LogP contribution in [0.15, 0.2) is 22.7 Å². The summed E-state index contributed by atoms with van der Waals surface area (Å²) in [5.41, 5.74) is 6.86. The summed E-state index contributed by atoms with van der Waals surface area (Å²) in [5.74, 6) is -0.305. The number of piperazine rings is 1. The highest BCUT2D eigenvalue weighted by Crippen LogP contribution is 2.21. The number of methoxy groups -OCH3 is 1. The largest absolute Gasteiger partial charge is 0.468 e. The van der Waals surface area contributed by atoms with Crippen molar-refractivity contribution in [3.8, 4) is 0 Å². The Morgan fingerprint density at radius 1 is 1.29 bits per heavy atom. The van der Waals surface area contributed by atoms with Crippen LogP contribution in [0, 0.1) is 0 Å². The second-order valence-corrected chi connectivity index (χ2v) is 5.74. The van der Waals surface area contributed by atoms with Gasteiger partial charge in [-0.1, -0.05) is 0 Å². The van der Waals surface area contributed by atoms with E-state index in [-0.39, 0.29) is 18.4 Å². The average molecular weight is 356 g/mol. The fourth-order valence-corrected chi connectivity index (χ4v) is 2.65. The van der Waals surface area contributed by atoms with Gasteiger partial charge in [-0.3, -0.25) is 14.5 Å². The van der Waals surface area contributed by atoms with Crippen molar-refractivity contribution < 1.29 is 14.3 Å². The van der Waals surface area contributed by atoms with Gasteiger partial charge in [-0.05, 0) is 34.1 Å². The molecule has 7 heteroatoms. The van der Waals surface area contributed by atoms with E-state index in [1.54, 1.807) is 23.1 Å². The maximum atomic E-state index is 12.5. The molecule has 0 radical (unpaired) electrons. The molecule has 1 aliphatic heterocycles. The second kappa shape index (κ2) is 6.91. The quantitative estimate of drug-likeness (QED) is 0.645. The van der Waals surface area contributed by atoms with Gasteiger partial charge in [0.1, 0.15) is 0 Å². The Bertz CT molecular complexity index is 542. The minimum absolute atomic E-state index is 0.0492. The lowest BCUT2D eigenvalue weighted by atomic mass is 10.1. The first-order valence-electron chi connectivity index (χ1n) is 6.64. The summed E-state index contributed by atoms with van der Waals surface area (Å²) in [6.07, 6.45) is 0. The number of carbonyl (C=O) groups excluding carboxylic acids is 2. The average Bonchev–Trinajstić information content (AvgIpc) is 2.49. The molecule has 0 aromatic heterocycles. The minimum atomic E-state index is -0.256. The number of benzene rings is 1. The first kappa shape index (κ1) is 15.8. The molecule has 1 aliphatic rings. The molecular weight excluding hydrogens is 338 g/mol. The third kappa shape index (κ3) is 3.95. The second-order valence-electron chi connectivity index (χ2n) is 4.88. The summed E-state index contributed by atoms with van der Waals surface area (Å²) < 4.78 is 5.38. The molecule has 1 heterocycles. The summed E-state index contributed by atoms with van der Waals surface area (Å²) in [6, 6.07) is 5.19. The van der Waals surface area contributed by atoms with E-state index < -0.39 is 0 Å². The number of halogens is 1. The van der Waals surface area contributed by atoms with Gasteiger partial charge in [0, 0.05) is 36.3 Å². The topological polar surface area (TPSA) is 75.9 Å². The lowest BCUT2D eigenvalue weighted by Gasteiger charge is -2.34. The number of carbonyl (C=O) groups is 2. The number of nitrogens with two attached hydrogens (primary N) is 1. The molecule has 0 saturated carbocycles. The van der Waals surface area contributed by atoms with Crippen LogP contribution in [0.2, 0.25) is 0 Å². The van der Waals surface area contributed by atoms with Crippen LogP contribution in [0.3, 0.4) is 0 Å². The molecule has 114 valence electrons. The van der Waals surface area contributed by atoms with E-state index >= 15 is 0 Å². The zero-order valence-corrected chi connectivity index (χ0v) is 13.4. The first-order chi connectivity index (χ1) is 10.0. The highest BCUT2D eigenvalue weighted by molar-refractivity contribution is 9.10. The van der Waals surface area contributed by atoms with Crippen molar-refractivity contribution in [2.24, 2.45) is 0 Å².